The van der Waals surface area contributed by atoms with Gasteiger partial charge >= 0.3 is 0 Å². The minimum absolute atomic E-state index is 0.204. The van der Waals surface area contributed by atoms with Crippen molar-refractivity contribution in [3.63, 3.8) is 0 Å². The zero-order chi connectivity index (χ0) is 11.5. The van der Waals surface area contributed by atoms with Crippen LogP contribution < -0.4 is 11.1 Å². The van der Waals surface area contributed by atoms with Crippen LogP contribution in [-0.4, -0.2) is 12.1 Å². The number of hydrogen-bond acceptors (Lipinski definition) is 2. The van der Waals surface area contributed by atoms with Crippen LogP contribution in [0.25, 0.3) is 0 Å². The molecule has 1 aromatic carbocycles. The van der Waals surface area contributed by atoms with Crippen molar-refractivity contribution in [2.24, 2.45) is 5.73 Å². The van der Waals surface area contributed by atoms with Crippen molar-refractivity contribution in [1.82, 2.24) is 0 Å². The first-order valence-electron chi connectivity index (χ1n) is 5.62. The van der Waals surface area contributed by atoms with Crippen LogP contribution in [0.5, 0.6) is 0 Å². The first-order chi connectivity index (χ1) is 7.65. The lowest BCUT2D eigenvalue weighted by Gasteiger charge is -2.27. The van der Waals surface area contributed by atoms with Gasteiger partial charge in [0.1, 0.15) is 5.82 Å². The molecule has 1 aliphatic carbocycles. The molecule has 0 bridgehead atoms. The highest BCUT2D eigenvalue weighted by molar-refractivity contribution is 9.10. The highest BCUT2D eigenvalue weighted by atomic mass is 79.9. The summed E-state index contributed by atoms with van der Waals surface area (Å²) in [4.78, 5) is 0. The molecule has 2 nitrogen and oxygen atoms in total. The summed E-state index contributed by atoms with van der Waals surface area (Å²) in [5.41, 5.74) is 6.42. The van der Waals surface area contributed by atoms with E-state index in [2.05, 4.69) is 21.2 Å². The molecule has 4 heteroatoms. The van der Waals surface area contributed by atoms with E-state index in [0.717, 1.165) is 30.2 Å². The Kier molecular flexibility index (Phi) is 3.82. The number of nitrogens with one attached hydrogen (secondary N) is 1. The van der Waals surface area contributed by atoms with Gasteiger partial charge in [-0.25, -0.2) is 4.39 Å². The SMILES string of the molecule is NC1CCC(Nc2ccc(Br)cc2F)CC1. The van der Waals surface area contributed by atoms with Crippen molar-refractivity contribution < 1.29 is 4.39 Å². The summed E-state index contributed by atoms with van der Waals surface area (Å²) in [5.74, 6) is -0.204. The molecule has 88 valence electrons. The first-order valence-corrected chi connectivity index (χ1v) is 6.41. The van der Waals surface area contributed by atoms with Gasteiger partial charge in [-0.05, 0) is 43.9 Å². The van der Waals surface area contributed by atoms with E-state index >= 15 is 0 Å². The molecule has 16 heavy (non-hydrogen) atoms. The number of anilines is 1. The smallest absolute Gasteiger partial charge is 0.147 e. The standard InChI is InChI=1S/C12H16BrFN2/c13-8-1-6-12(11(14)7-8)16-10-4-2-9(15)3-5-10/h1,6-7,9-10,16H,2-5,15H2. The molecular weight excluding hydrogens is 271 g/mol. The molecular formula is C12H16BrFN2. The topological polar surface area (TPSA) is 38.0 Å². The van der Waals surface area contributed by atoms with Crippen molar-refractivity contribution in [3.8, 4) is 0 Å². The van der Waals surface area contributed by atoms with Crippen molar-refractivity contribution >= 4 is 21.6 Å². The van der Waals surface area contributed by atoms with Gasteiger partial charge in [0.2, 0.25) is 0 Å². The van der Waals surface area contributed by atoms with Crippen LogP contribution in [0.1, 0.15) is 25.7 Å². The van der Waals surface area contributed by atoms with Crippen LogP contribution in [0.15, 0.2) is 22.7 Å². The average Bonchev–Trinajstić information content (AvgIpc) is 2.25. The molecule has 0 saturated heterocycles. The molecule has 1 aliphatic rings. The maximum Gasteiger partial charge on any atom is 0.147 e. The van der Waals surface area contributed by atoms with E-state index in [1.807, 2.05) is 6.07 Å². The second kappa shape index (κ2) is 5.15. The Hall–Kier alpha value is -0.610. The lowest BCUT2D eigenvalue weighted by Crippen LogP contribution is -2.32. The Morgan fingerprint density at radius 2 is 1.94 bits per heavy atom. The van der Waals surface area contributed by atoms with Crippen LogP contribution >= 0.6 is 15.9 Å². The van der Waals surface area contributed by atoms with Crippen molar-refractivity contribution in [1.29, 1.82) is 0 Å². The molecule has 0 unspecified atom stereocenters. The van der Waals surface area contributed by atoms with E-state index in [1.165, 1.54) is 6.07 Å². The maximum atomic E-state index is 13.6. The number of hydrogen-bond donors (Lipinski definition) is 2. The average molecular weight is 287 g/mol. The number of rotatable bonds is 2. The van der Waals surface area contributed by atoms with E-state index in [4.69, 9.17) is 5.73 Å². The second-order valence-corrected chi connectivity index (χ2v) is 5.30. The fourth-order valence-electron chi connectivity index (χ4n) is 2.09. The van der Waals surface area contributed by atoms with Crippen LogP contribution in [0.3, 0.4) is 0 Å². The Morgan fingerprint density at radius 1 is 1.25 bits per heavy atom. The molecule has 0 aromatic heterocycles. The highest BCUT2D eigenvalue weighted by Gasteiger charge is 2.19. The minimum Gasteiger partial charge on any atom is -0.380 e. The summed E-state index contributed by atoms with van der Waals surface area (Å²) < 4.78 is 14.3. The lowest BCUT2D eigenvalue weighted by molar-refractivity contribution is 0.410. The first kappa shape index (κ1) is 11.9. The molecule has 0 atom stereocenters. The number of nitrogens with two attached hydrogens (primary N) is 1. The van der Waals surface area contributed by atoms with E-state index in [9.17, 15) is 4.39 Å². The van der Waals surface area contributed by atoms with Gasteiger partial charge in [-0.2, -0.15) is 0 Å². The quantitative estimate of drug-likeness (QED) is 0.876. The Labute approximate surface area is 104 Å². The van der Waals surface area contributed by atoms with Crippen LogP contribution in [0, 0.1) is 5.82 Å². The maximum absolute atomic E-state index is 13.6. The van der Waals surface area contributed by atoms with Gasteiger partial charge in [-0.1, -0.05) is 15.9 Å². The predicted molar refractivity (Wildman–Crippen MR) is 68.0 cm³/mol. The molecule has 1 fully saturated rings. The second-order valence-electron chi connectivity index (χ2n) is 4.38. The summed E-state index contributed by atoms with van der Waals surface area (Å²) in [6.07, 6.45) is 4.10. The summed E-state index contributed by atoms with van der Waals surface area (Å²) in [7, 11) is 0. The molecule has 0 spiro atoms. The normalized spacial score (nSPS) is 25.4. The molecule has 2 rings (SSSR count). The Bertz CT molecular complexity index is 362. The lowest BCUT2D eigenvalue weighted by atomic mass is 9.91. The van der Waals surface area contributed by atoms with Crippen LogP contribution in [-0.2, 0) is 0 Å². The number of benzene rings is 1. The summed E-state index contributed by atoms with van der Waals surface area (Å²) >= 11 is 3.25. The van der Waals surface area contributed by atoms with Gasteiger partial charge in [-0.3, -0.25) is 0 Å². The molecule has 3 N–H and O–H groups in total. The molecule has 1 saturated carbocycles. The fourth-order valence-corrected chi connectivity index (χ4v) is 2.42. The highest BCUT2D eigenvalue weighted by Crippen LogP contribution is 2.24. The predicted octanol–water partition coefficient (Wildman–Crippen LogP) is 3.27. The van der Waals surface area contributed by atoms with E-state index in [0.29, 0.717) is 17.8 Å². The van der Waals surface area contributed by atoms with E-state index in [-0.39, 0.29) is 5.82 Å². The summed E-state index contributed by atoms with van der Waals surface area (Å²) in [5, 5.41) is 3.25. The van der Waals surface area contributed by atoms with Gasteiger partial charge in [0, 0.05) is 16.6 Å². The van der Waals surface area contributed by atoms with Crippen LogP contribution in [0.2, 0.25) is 0 Å². The Morgan fingerprint density at radius 3 is 2.56 bits per heavy atom. The third kappa shape index (κ3) is 2.95. The molecule has 0 aliphatic heterocycles. The molecule has 0 heterocycles. The zero-order valence-corrected chi connectivity index (χ0v) is 10.6. The molecule has 1 aromatic rings. The van der Waals surface area contributed by atoms with Crippen molar-refractivity contribution in [2.45, 2.75) is 37.8 Å². The van der Waals surface area contributed by atoms with E-state index < -0.39 is 0 Å². The fraction of sp³-hybridized carbons (Fsp3) is 0.500. The monoisotopic (exact) mass is 286 g/mol. The third-order valence-electron chi connectivity index (χ3n) is 3.06. The van der Waals surface area contributed by atoms with Gasteiger partial charge in [0.15, 0.2) is 0 Å². The van der Waals surface area contributed by atoms with Crippen molar-refractivity contribution in [2.75, 3.05) is 5.32 Å². The van der Waals surface area contributed by atoms with Crippen LogP contribution in [0.4, 0.5) is 10.1 Å². The molecule has 0 radical (unpaired) electrons. The summed E-state index contributed by atoms with van der Waals surface area (Å²) in [6.45, 7) is 0. The minimum atomic E-state index is -0.204. The van der Waals surface area contributed by atoms with Crippen molar-refractivity contribution in [3.05, 3.63) is 28.5 Å². The Balaban J connectivity index is 1.98. The van der Waals surface area contributed by atoms with E-state index in [1.54, 1.807) is 6.07 Å². The van der Waals surface area contributed by atoms with Gasteiger partial charge < -0.3 is 11.1 Å². The third-order valence-corrected chi connectivity index (χ3v) is 3.56. The summed E-state index contributed by atoms with van der Waals surface area (Å²) in [6, 6.07) is 5.79. The zero-order valence-electron chi connectivity index (χ0n) is 9.05. The number of halogens is 2. The van der Waals surface area contributed by atoms with Gasteiger partial charge in [-0.15, -0.1) is 0 Å². The molecule has 0 amide bonds. The van der Waals surface area contributed by atoms with Gasteiger partial charge in [0.05, 0.1) is 5.69 Å². The largest absolute Gasteiger partial charge is 0.380 e. The van der Waals surface area contributed by atoms with Gasteiger partial charge in [0.25, 0.3) is 0 Å².